The lowest BCUT2D eigenvalue weighted by atomic mass is 9.78. The highest BCUT2D eigenvalue weighted by Crippen LogP contribution is 2.37. The van der Waals surface area contributed by atoms with Gasteiger partial charge in [0.2, 0.25) is 6.35 Å². The highest BCUT2D eigenvalue weighted by molar-refractivity contribution is 6.62. The van der Waals surface area contributed by atoms with Crippen LogP contribution in [0.3, 0.4) is 0 Å². The number of hydrogen-bond acceptors (Lipinski definition) is 6. The summed E-state index contributed by atoms with van der Waals surface area (Å²) in [7, 11) is -0.785. The molecule has 0 spiro atoms. The van der Waals surface area contributed by atoms with E-state index in [2.05, 4.69) is 23.3 Å². The van der Waals surface area contributed by atoms with Crippen LogP contribution in [0.4, 0.5) is 10.1 Å². The fourth-order valence-corrected chi connectivity index (χ4v) is 3.69. The summed E-state index contributed by atoms with van der Waals surface area (Å²) in [6, 6.07) is 10.9. The van der Waals surface area contributed by atoms with Gasteiger partial charge in [-0.1, -0.05) is 29.8 Å². The highest BCUT2D eigenvalue weighted by atomic mass is 19.1. The van der Waals surface area contributed by atoms with Gasteiger partial charge < -0.3 is 19.3 Å². The van der Waals surface area contributed by atoms with Crippen molar-refractivity contribution in [3.63, 3.8) is 0 Å². The maximum atomic E-state index is 15.0. The van der Waals surface area contributed by atoms with Crippen LogP contribution >= 0.6 is 0 Å². The molecule has 2 heterocycles. The van der Waals surface area contributed by atoms with E-state index >= 15 is 0 Å². The van der Waals surface area contributed by atoms with Gasteiger partial charge in [-0.05, 0) is 64.8 Å². The number of nitrogens with zero attached hydrogens (tertiary/aromatic N) is 3. The molecule has 31 heavy (non-hydrogen) atoms. The summed E-state index contributed by atoms with van der Waals surface area (Å²) in [4.78, 5) is 1.71. The lowest BCUT2D eigenvalue weighted by Crippen LogP contribution is -2.41. The zero-order valence-electron chi connectivity index (χ0n) is 18.9. The zero-order valence-corrected chi connectivity index (χ0v) is 18.9. The number of hydrogen-bond donors (Lipinski definition) is 1. The Morgan fingerprint density at radius 3 is 2.39 bits per heavy atom. The monoisotopic (exact) mass is 425 g/mol. The van der Waals surface area contributed by atoms with Crippen LogP contribution in [-0.4, -0.2) is 41.0 Å². The van der Waals surface area contributed by atoms with Gasteiger partial charge in [0.05, 0.1) is 16.9 Å². The number of anilines is 1. The number of halogens is 1. The lowest BCUT2D eigenvalue weighted by Gasteiger charge is -2.32. The third-order valence-electron chi connectivity index (χ3n) is 6.45. The zero-order chi connectivity index (χ0) is 22.6. The molecule has 0 aliphatic carbocycles. The predicted molar refractivity (Wildman–Crippen MR) is 121 cm³/mol. The van der Waals surface area contributed by atoms with Crippen molar-refractivity contribution in [3.8, 4) is 0 Å². The SMILES string of the molecule is Cc1ccc(C)c(CN2C=NN(c3ccc(B4OC(C)(C)C(C)(C)O4)c(F)c3)C2O)c1. The number of aliphatic hydroxyl groups excluding tert-OH is 1. The summed E-state index contributed by atoms with van der Waals surface area (Å²) >= 11 is 0. The summed E-state index contributed by atoms with van der Waals surface area (Å²) in [5, 5.41) is 16.5. The van der Waals surface area contributed by atoms with Crippen LogP contribution in [0.5, 0.6) is 0 Å². The maximum Gasteiger partial charge on any atom is 0.497 e. The molecule has 4 rings (SSSR count). The molecule has 8 heteroatoms. The topological polar surface area (TPSA) is 57.5 Å². The Morgan fingerprint density at radius 2 is 1.74 bits per heavy atom. The van der Waals surface area contributed by atoms with E-state index in [0.717, 1.165) is 16.7 Å². The van der Waals surface area contributed by atoms with Crippen LogP contribution < -0.4 is 10.5 Å². The Bertz CT molecular complexity index is 1010. The summed E-state index contributed by atoms with van der Waals surface area (Å²) in [6.07, 6.45) is 0.550. The van der Waals surface area contributed by atoms with Crippen molar-refractivity contribution in [1.82, 2.24) is 4.90 Å². The molecule has 164 valence electrons. The number of benzene rings is 2. The molecule has 1 unspecified atom stereocenters. The normalized spacial score (nSPS) is 21.9. The van der Waals surface area contributed by atoms with Gasteiger partial charge in [-0.25, -0.2) is 9.40 Å². The quantitative estimate of drug-likeness (QED) is 0.763. The minimum Gasteiger partial charge on any atom is -0.399 e. The fourth-order valence-electron chi connectivity index (χ4n) is 3.69. The first kappa shape index (κ1) is 21.8. The molecular formula is C23H29BFN3O3. The van der Waals surface area contributed by atoms with Crippen molar-refractivity contribution in [2.24, 2.45) is 5.10 Å². The molecule has 0 bridgehead atoms. The molecule has 2 aliphatic rings. The molecule has 6 nitrogen and oxygen atoms in total. The van der Waals surface area contributed by atoms with Crippen molar-refractivity contribution in [2.75, 3.05) is 5.01 Å². The number of aryl methyl sites for hydroxylation is 2. The van der Waals surface area contributed by atoms with Crippen LogP contribution in [-0.2, 0) is 15.9 Å². The standard InChI is InChI=1S/C23H29BFN3O3/c1-15-7-8-16(2)17(11-15)13-27-14-26-28(21(27)29)18-9-10-19(20(25)12-18)24-30-22(3,4)23(5,6)31-24/h7-12,14,21,29H,13H2,1-6H3. The molecule has 1 atom stereocenters. The third kappa shape index (κ3) is 3.95. The molecule has 0 saturated carbocycles. The molecule has 2 aromatic rings. The van der Waals surface area contributed by atoms with Gasteiger partial charge in [0, 0.05) is 12.0 Å². The number of hydrazone groups is 1. The smallest absolute Gasteiger partial charge is 0.399 e. The van der Waals surface area contributed by atoms with Crippen molar-refractivity contribution >= 4 is 24.6 Å². The predicted octanol–water partition coefficient (Wildman–Crippen LogP) is 3.28. The molecule has 1 N–H and O–H groups in total. The molecule has 0 radical (unpaired) electrons. The second-order valence-electron chi connectivity index (χ2n) is 9.32. The molecule has 1 saturated heterocycles. The van der Waals surface area contributed by atoms with E-state index < -0.39 is 30.5 Å². The minimum absolute atomic E-state index is 0.326. The van der Waals surface area contributed by atoms with Crippen LogP contribution in [0, 0.1) is 19.7 Å². The first-order chi connectivity index (χ1) is 14.5. The van der Waals surface area contributed by atoms with Gasteiger partial charge >= 0.3 is 7.12 Å². The average Bonchev–Trinajstić information content (AvgIpc) is 3.14. The highest BCUT2D eigenvalue weighted by Gasteiger charge is 2.52. The molecule has 0 aromatic heterocycles. The van der Waals surface area contributed by atoms with Crippen molar-refractivity contribution in [2.45, 2.75) is 65.6 Å². The van der Waals surface area contributed by atoms with E-state index in [1.165, 1.54) is 11.1 Å². The van der Waals surface area contributed by atoms with Gasteiger partial charge in [-0.3, -0.25) is 0 Å². The Kier molecular flexibility index (Phi) is 5.36. The summed E-state index contributed by atoms with van der Waals surface area (Å²) in [5.74, 6) is -0.466. The lowest BCUT2D eigenvalue weighted by molar-refractivity contribution is 0.00578. The fraction of sp³-hybridized carbons (Fsp3) is 0.435. The minimum atomic E-state index is -1.03. The largest absolute Gasteiger partial charge is 0.497 e. The first-order valence-electron chi connectivity index (χ1n) is 10.5. The summed E-state index contributed by atoms with van der Waals surface area (Å²) in [5.41, 5.74) is 3.08. The first-order valence-corrected chi connectivity index (χ1v) is 10.5. The van der Waals surface area contributed by atoms with E-state index in [4.69, 9.17) is 9.31 Å². The van der Waals surface area contributed by atoms with Gasteiger partial charge in [-0.15, -0.1) is 0 Å². The van der Waals surface area contributed by atoms with E-state index in [9.17, 15) is 9.50 Å². The van der Waals surface area contributed by atoms with E-state index in [1.54, 1.807) is 23.4 Å². The van der Waals surface area contributed by atoms with Crippen LogP contribution in [0.1, 0.15) is 44.4 Å². The van der Waals surface area contributed by atoms with E-state index in [-0.39, 0.29) is 0 Å². The summed E-state index contributed by atoms with van der Waals surface area (Å²) < 4.78 is 26.9. The van der Waals surface area contributed by atoms with Gasteiger partial charge in [0.25, 0.3) is 0 Å². The van der Waals surface area contributed by atoms with Crippen LogP contribution in [0.15, 0.2) is 41.5 Å². The van der Waals surface area contributed by atoms with Gasteiger partial charge in [0.15, 0.2) is 0 Å². The molecule has 0 amide bonds. The van der Waals surface area contributed by atoms with Gasteiger partial charge in [0.1, 0.15) is 12.2 Å². The molecule has 1 fully saturated rings. The average molecular weight is 425 g/mol. The second-order valence-corrected chi connectivity index (χ2v) is 9.32. The number of aliphatic hydroxyl groups is 1. The number of rotatable bonds is 4. The van der Waals surface area contributed by atoms with Gasteiger partial charge in [-0.2, -0.15) is 5.10 Å². The van der Waals surface area contributed by atoms with Crippen molar-refractivity contribution < 1.29 is 18.8 Å². The Labute approximate surface area is 183 Å². The Morgan fingerprint density at radius 1 is 1.06 bits per heavy atom. The Balaban J connectivity index is 1.50. The molecule has 2 aromatic carbocycles. The van der Waals surface area contributed by atoms with Crippen molar-refractivity contribution in [3.05, 3.63) is 58.9 Å². The summed E-state index contributed by atoms with van der Waals surface area (Å²) in [6.45, 7) is 12.3. The van der Waals surface area contributed by atoms with Crippen LogP contribution in [0.2, 0.25) is 0 Å². The second kappa shape index (κ2) is 7.62. The molecule has 2 aliphatic heterocycles. The van der Waals surface area contributed by atoms with Crippen molar-refractivity contribution in [1.29, 1.82) is 0 Å². The van der Waals surface area contributed by atoms with Crippen LogP contribution in [0.25, 0.3) is 0 Å². The third-order valence-corrected chi connectivity index (χ3v) is 6.45. The Hall–Kier alpha value is -2.42. The maximum absolute atomic E-state index is 15.0. The molecular weight excluding hydrogens is 396 g/mol. The van der Waals surface area contributed by atoms with E-state index in [0.29, 0.717) is 17.7 Å². The van der Waals surface area contributed by atoms with E-state index in [1.807, 2.05) is 41.5 Å².